The summed E-state index contributed by atoms with van der Waals surface area (Å²) in [6.07, 6.45) is 2.30. The van der Waals surface area contributed by atoms with Gasteiger partial charge in [-0.1, -0.05) is 6.07 Å². The zero-order valence-electron chi connectivity index (χ0n) is 8.59. The van der Waals surface area contributed by atoms with Crippen molar-refractivity contribution in [2.24, 2.45) is 5.73 Å². The van der Waals surface area contributed by atoms with Gasteiger partial charge in [0, 0.05) is 5.54 Å². The van der Waals surface area contributed by atoms with Crippen molar-refractivity contribution in [1.29, 1.82) is 0 Å². The fraction of sp³-hybridized carbons (Fsp3) is 0.455. The highest BCUT2D eigenvalue weighted by atomic mass is 19.1. The van der Waals surface area contributed by atoms with Crippen LogP contribution in [0.15, 0.2) is 12.1 Å². The Morgan fingerprint density at radius 2 is 2.20 bits per heavy atom. The smallest absolute Gasteiger partial charge is 0.194 e. The van der Waals surface area contributed by atoms with Gasteiger partial charge in [0.2, 0.25) is 0 Å². The third-order valence-electron chi connectivity index (χ3n) is 2.81. The van der Waals surface area contributed by atoms with Gasteiger partial charge in [0.15, 0.2) is 17.3 Å². The second-order valence-corrected chi connectivity index (χ2v) is 4.13. The van der Waals surface area contributed by atoms with Gasteiger partial charge in [0.25, 0.3) is 0 Å². The van der Waals surface area contributed by atoms with Gasteiger partial charge in [-0.2, -0.15) is 0 Å². The molecule has 2 rings (SSSR count). The summed E-state index contributed by atoms with van der Waals surface area (Å²) in [6.45, 7) is 0. The molecule has 1 saturated carbocycles. The van der Waals surface area contributed by atoms with Gasteiger partial charge in [0.05, 0.1) is 7.11 Å². The zero-order chi connectivity index (χ0) is 11.1. The van der Waals surface area contributed by atoms with E-state index >= 15 is 0 Å². The lowest BCUT2D eigenvalue weighted by Gasteiger charge is -2.11. The maximum absolute atomic E-state index is 13.6. The van der Waals surface area contributed by atoms with Crippen LogP contribution in [0.1, 0.15) is 18.4 Å². The Bertz CT molecular complexity index is 388. The van der Waals surface area contributed by atoms with Crippen LogP contribution in [0.25, 0.3) is 0 Å². The molecule has 3 N–H and O–H groups in total. The Hall–Kier alpha value is -1.29. The minimum Gasteiger partial charge on any atom is -0.502 e. The molecule has 0 unspecified atom stereocenters. The SMILES string of the molecule is COc1ccc(CC2(N)CC2)c(F)c1O. The molecule has 0 aliphatic heterocycles. The highest BCUT2D eigenvalue weighted by Gasteiger charge is 2.39. The summed E-state index contributed by atoms with van der Waals surface area (Å²) in [5.41, 5.74) is 6.08. The molecule has 1 fully saturated rings. The molecule has 1 aromatic carbocycles. The van der Waals surface area contributed by atoms with Crippen LogP contribution in [0.3, 0.4) is 0 Å². The van der Waals surface area contributed by atoms with Crippen LogP contribution in [0, 0.1) is 5.82 Å². The number of halogens is 1. The second kappa shape index (κ2) is 3.38. The first-order valence-electron chi connectivity index (χ1n) is 4.89. The second-order valence-electron chi connectivity index (χ2n) is 4.13. The van der Waals surface area contributed by atoms with E-state index in [0.29, 0.717) is 12.0 Å². The number of aromatic hydroxyl groups is 1. The fourth-order valence-electron chi connectivity index (χ4n) is 1.61. The Labute approximate surface area is 87.7 Å². The number of ether oxygens (including phenoxy) is 1. The number of nitrogens with two attached hydrogens (primary N) is 1. The van der Waals surface area contributed by atoms with Crippen molar-refractivity contribution < 1.29 is 14.2 Å². The average Bonchev–Trinajstić information content (AvgIpc) is 2.92. The minimum absolute atomic E-state index is 0.151. The summed E-state index contributed by atoms with van der Waals surface area (Å²) in [4.78, 5) is 0. The van der Waals surface area contributed by atoms with Gasteiger partial charge in [-0.05, 0) is 30.9 Å². The van der Waals surface area contributed by atoms with E-state index < -0.39 is 11.6 Å². The molecular formula is C11H14FNO2. The van der Waals surface area contributed by atoms with E-state index in [1.807, 2.05) is 0 Å². The Morgan fingerprint density at radius 1 is 1.53 bits per heavy atom. The number of methoxy groups -OCH3 is 1. The summed E-state index contributed by atoms with van der Waals surface area (Å²) in [6, 6.07) is 3.17. The van der Waals surface area contributed by atoms with Gasteiger partial charge >= 0.3 is 0 Å². The molecule has 3 nitrogen and oxygen atoms in total. The summed E-state index contributed by atoms with van der Waals surface area (Å²) in [5, 5.41) is 9.45. The van der Waals surface area contributed by atoms with E-state index in [2.05, 4.69) is 0 Å². The lowest BCUT2D eigenvalue weighted by atomic mass is 10.0. The van der Waals surface area contributed by atoms with Gasteiger partial charge in [-0.15, -0.1) is 0 Å². The maximum Gasteiger partial charge on any atom is 0.194 e. The Kier molecular flexibility index (Phi) is 2.31. The lowest BCUT2D eigenvalue weighted by Crippen LogP contribution is -2.25. The zero-order valence-corrected chi connectivity index (χ0v) is 8.59. The number of hydrogen-bond donors (Lipinski definition) is 2. The number of hydrogen-bond acceptors (Lipinski definition) is 3. The lowest BCUT2D eigenvalue weighted by molar-refractivity contribution is 0.355. The number of benzene rings is 1. The highest BCUT2D eigenvalue weighted by molar-refractivity contribution is 5.44. The molecule has 0 bridgehead atoms. The van der Waals surface area contributed by atoms with Crippen molar-refractivity contribution in [1.82, 2.24) is 0 Å². The van der Waals surface area contributed by atoms with Crippen molar-refractivity contribution in [3.05, 3.63) is 23.5 Å². The number of phenols is 1. The molecule has 0 atom stereocenters. The fourth-order valence-corrected chi connectivity index (χ4v) is 1.61. The highest BCUT2D eigenvalue weighted by Crippen LogP contribution is 2.38. The topological polar surface area (TPSA) is 55.5 Å². The summed E-state index contributed by atoms with van der Waals surface area (Å²) < 4.78 is 18.4. The number of phenolic OH excluding ortho intramolecular Hbond substituents is 1. The van der Waals surface area contributed by atoms with Gasteiger partial charge < -0.3 is 15.6 Å². The first kappa shape index (κ1) is 10.2. The molecule has 1 aliphatic carbocycles. The monoisotopic (exact) mass is 211 g/mol. The van der Waals surface area contributed by atoms with Crippen LogP contribution in [0.4, 0.5) is 4.39 Å². The predicted octanol–water partition coefficient (Wildman–Crippen LogP) is 1.57. The molecule has 0 amide bonds. The molecular weight excluding hydrogens is 197 g/mol. The van der Waals surface area contributed by atoms with E-state index in [-0.39, 0.29) is 11.3 Å². The molecule has 0 radical (unpaired) electrons. The van der Waals surface area contributed by atoms with Crippen molar-refractivity contribution >= 4 is 0 Å². The quantitative estimate of drug-likeness (QED) is 0.798. The van der Waals surface area contributed by atoms with E-state index in [4.69, 9.17) is 10.5 Å². The van der Waals surface area contributed by atoms with Crippen molar-refractivity contribution in [3.8, 4) is 11.5 Å². The summed E-state index contributed by atoms with van der Waals surface area (Å²) in [7, 11) is 1.39. The normalized spacial score (nSPS) is 17.5. The van der Waals surface area contributed by atoms with Crippen LogP contribution >= 0.6 is 0 Å². The predicted molar refractivity (Wildman–Crippen MR) is 54.5 cm³/mol. The molecule has 0 aromatic heterocycles. The van der Waals surface area contributed by atoms with E-state index in [1.165, 1.54) is 7.11 Å². The van der Waals surface area contributed by atoms with Crippen molar-refractivity contribution in [2.75, 3.05) is 7.11 Å². The maximum atomic E-state index is 13.6. The average molecular weight is 211 g/mol. The first-order valence-corrected chi connectivity index (χ1v) is 4.89. The molecule has 0 heterocycles. The summed E-state index contributed by atoms with van der Waals surface area (Å²) >= 11 is 0. The van der Waals surface area contributed by atoms with Crippen LogP contribution in [0.5, 0.6) is 11.5 Å². The molecule has 1 aliphatic rings. The molecule has 15 heavy (non-hydrogen) atoms. The molecule has 0 saturated heterocycles. The molecule has 0 spiro atoms. The van der Waals surface area contributed by atoms with Crippen LogP contribution in [-0.2, 0) is 6.42 Å². The molecule has 82 valence electrons. The van der Waals surface area contributed by atoms with E-state index in [1.54, 1.807) is 12.1 Å². The van der Waals surface area contributed by atoms with Crippen molar-refractivity contribution in [2.45, 2.75) is 24.8 Å². The molecule has 4 heteroatoms. The Morgan fingerprint density at radius 3 is 2.73 bits per heavy atom. The summed E-state index contributed by atoms with van der Waals surface area (Å²) in [5.74, 6) is -0.900. The standard InChI is InChI=1S/C11H14FNO2/c1-15-8-3-2-7(9(12)10(8)14)6-11(13)4-5-11/h2-3,14H,4-6,13H2,1H3. The van der Waals surface area contributed by atoms with E-state index in [9.17, 15) is 9.50 Å². The van der Waals surface area contributed by atoms with Crippen LogP contribution < -0.4 is 10.5 Å². The van der Waals surface area contributed by atoms with E-state index in [0.717, 1.165) is 12.8 Å². The minimum atomic E-state index is -0.619. The van der Waals surface area contributed by atoms with Gasteiger partial charge in [0.1, 0.15) is 0 Å². The van der Waals surface area contributed by atoms with Crippen molar-refractivity contribution in [3.63, 3.8) is 0 Å². The van der Waals surface area contributed by atoms with Gasteiger partial charge in [-0.3, -0.25) is 0 Å². The van der Waals surface area contributed by atoms with Crippen LogP contribution in [0.2, 0.25) is 0 Å². The van der Waals surface area contributed by atoms with Gasteiger partial charge in [-0.25, -0.2) is 4.39 Å². The molecule has 1 aromatic rings. The third-order valence-corrected chi connectivity index (χ3v) is 2.81. The first-order chi connectivity index (χ1) is 7.06. The Balaban J connectivity index is 2.29. The van der Waals surface area contributed by atoms with Crippen LogP contribution in [-0.4, -0.2) is 17.8 Å². The largest absolute Gasteiger partial charge is 0.502 e. The number of rotatable bonds is 3. The third kappa shape index (κ3) is 1.90.